The fourth-order valence-corrected chi connectivity index (χ4v) is 1.83. The lowest BCUT2D eigenvalue weighted by Crippen LogP contribution is -2.27. The zero-order valence-corrected chi connectivity index (χ0v) is 12.3. The number of aromatic nitrogens is 1. The van der Waals surface area contributed by atoms with Crippen molar-refractivity contribution in [3.8, 4) is 0 Å². The summed E-state index contributed by atoms with van der Waals surface area (Å²) in [5.41, 5.74) is -0.970. The van der Waals surface area contributed by atoms with Crippen LogP contribution in [0.25, 0.3) is 0 Å². The average Bonchev–Trinajstić information content (AvgIpc) is 2.70. The summed E-state index contributed by atoms with van der Waals surface area (Å²) >= 11 is 1.01. The van der Waals surface area contributed by atoms with E-state index in [2.05, 4.69) is 20.3 Å². The zero-order valence-electron chi connectivity index (χ0n) is 11.5. The summed E-state index contributed by atoms with van der Waals surface area (Å²) in [6.07, 6.45) is -0.671. The minimum Gasteiger partial charge on any atom is -0.476 e. The molecule has 0 aliphatic heterocycles. The van der Waals surface area contributed by atoms with E-state index in [4.69, 9.17) is 9.84 Å². The van der Waals surface area contributed by atoms with E-state index in [9.17, 15) is 9.59 Å². The Morgan fingerprint density at radius 1 is 1.45 bits per heavy atom. The highest BCUT2D eigenvalue weighted by molar-refractivity contribution is 7.13. The highest BCUT2D eigenvalue weighted by Crippen LogP contribution is 2.17. The molecular weight excluding hydrogens is 286 g/mol. The van der Waals surface area contributed by atoms with Crippen LogP contribution in [0.4, 0.5) is 10.6 Å². The molecule has 20 heavy (non-hydrogen) atoms. The molecule has 0 saturated heterocycles. The summed E-state index contributed by atoms with van der Waals surface area (Å²) in [6, 6.07) is 0. The number of rotatable bonds is 4. The molecule has 1 aromatic heterocycles. The molecule has 0 atom stereocenters. The normalized spacial score (nSPS) is 11.9. The Morgan fingerprint density at radius 3 is 2.60 bits per heavy atom. The van der Waals surface area contributed by atoms with Crippen LogP contribution in [0.3, 0.4) is 0 Å². The molecule has 1 heterocycles. The fourth-order valence-electron chi connectivity index (χ4n) is 1.11. The van der Waals surface area contributed by atoms with Crippen LogP contribution >= 0.6 is 11.3 Å². The van der Waals surface area contributed by atoms with E-state index in [1.165, 1.54) is 12.5 Å². The summed E-state index contributed by atoms with van der Waals surface area (Å²) in [7, 11) is 1.23. The number of anilines is 1. The number of hydrogen-bond donors (Lipinski definition) is 2. The maximum absolute atomic E-state index is 11.5. The van der Waals surface area contributed by atoms with Gasteiger partial charge in [-0.25, -0.2) is 14.6 Å². The number of carboxylic acid groups (broad SMARTS) is 1. The summed E-state index contributed by atoms with van der Waals surface area (Å²) in [4.78, 5) is 30.9. The van der Waals surface area contributed by atoms with Gasteiger partial charge in [0.2, 0.25) is 5.71 Å². The van der Waals surface area contributed by atoms with Crippen molar-refractivity contribution < 1.29 is 24.3 Å². The van der Waals surface area contributed by atoms with Gasteiger partial charge in [0.1, 0.15) is 18.5 Å². The number of carbonyl (C=O) groups excluding carboxylic acids is 1. The summed E-state index contributed by atoms with van der Waals surface area (Å²) in [5.74, 6) is -1.09. The van der Waals surface area contributed by atoms with Gasteiger partial charge in [-0.05, 0) is 20.8 Å². The van der Waals surface area contributed by atoms with Crippen molar-refractivity contribution in [1.82, 2.24) is 4.98 Å². The van der Waals surface area contributed by atoms with Gasteiger partial charge in [-0.2, -0.15) is 0 Å². The van der Waals surface area contributed by atoms with Gasteiger partial charge in [-0.1, -0.05) is 5.16 Å². The van der Waals surface area contributed by atoms with E-state index >= 15 is 0 Å². The Kier molecular flexibility index (Phi) is 5.03. The Balaban J connectivity index is 2.80. The minimum atomic E-state index is -1.27. The van der Waals surface area contributed by atoms with Crippen molar-refractivity contribution in [3.63, 3.8) is 0 Å². The van der Waals surface area contributed by atoms with Crippen LogP contribution < -0.4 is 5.32 Å². The second kappa shape index (κ2) is 6.33. The maximum Gasteiger partial charge on any atom is 0.413 e. The molecule has 0 aliphatic carbocycles. The zero-order chi connectivity index (χ0) is 15.3. The van der Waals surface area contributed by atoms with E-state index in [1.54, 1.807) is 20.8 Å². The first kappa shape index (κ1) is 15.9. The van der Waals surface area contributed by atoms with E-state index in [-0.39, 0.29) is 16.5 Å². The standard InChI is InChI=1S/C11H15N3O5S/c1-11(2,3)19-10(17)13-6-5-20-8(12-6)7(9(15)16)14-18-4/h5H,1-4H3,(H,13,17)(H,15,16)/b14-7+. The second-order valence-corrected chi connectivity index (χ2v) is 5.45. The van der Waals surface area contributed by atoms with Crippen LogP contribution in [-0.2, 0) is 14.4 Å². The molecule has 0 aliphatic rings. The molecule has 0 aromatic carbocycles. The van der Waals surface area contributed by atoms with Gasteiger partial charge >= 0.3 is 12.1 Å². The van der Waals surface area contributed by atoms with E-state index in [0.717, 1.165) is 11.3 Å². The molecule has 0 spiro atoms. The first-order valence-corrected chi connectivity index (χ1v) is 6.41. The number of thiazole rings is 1. The van der Waals surface area contributed by atoms with Crippen LogP contribution in [0.2, 0.25) is 0 Å². The Morgan fingerprint density at radius 2 is 2.10 bits per heavy atom. The molecule has 1 amide bonds. The van der Waals surface area contributed by atoms with Crippen LogP contribution in [0.1, 0.15) is 25.8 Å². The smallest absolute Gasteiger partial charge is 0.413 e. The third kappa shape index (κ3) is 4.84. The molecular formula is C11H15N3O5S. The van der Waals surface area contributed by atoms with Crippen LogP contribution in [0.15, 0.2) is 10.5 Å². The number of ether oxygens (including phenoxy) is 1. The predicted molar refractivity (Wildman–Crippen MR) is 73.2 cm³/mol. The lowest BCUT2D eigenvalue weighted by molar-refractivity contribution is -0.129. The molecule has 1 aromatic rings. The third-order valence-corrected chi connectivity index (χ3v) is 2.57. The number of hydrogen-bond acceptors (Lipinski definition) is 7. The fraction of sp³-hybridized carbons (Fsp3) is 0.455. The molecule has 0 unspecified atom stereocenters. The molecule has 110 valence electrons. The number of carbonyl (C=O) groups is 2. The third-order valence-electron chi connectivity index (χ3n) is 1.72. The molecule has 1 rings (SSSR count). The van der Waals surface area contributed by atoms with E-state index in [1.807, 2.05) is 0 Å². The van der Waals surface area contributed by atoms with Gasteiger partial charge in [0.15, 0.2) is 5.01 Å². The molecule has 9 heteroatoms. The van der Waals surface area contributed by atoms with E-state index in [0.29, 0.717) is 0 Å². The van der Waals surface area contributed by atoms with Gasteiger partial charge in [0.05, 0.1) is 0 Å². The maximum atomic E-state index is 11.5. The monoisotopic (exact) mass is 301 g/mol. The van der Waals surface area contributed by atoms with Gasteiger partial charge in [0, 0.05) is 5.38 Å². The Hall–Kier alpha value is -2.16. The number of nitrogens with zero attached hydrogens (tertiary/aromatic N) is 2. The van der Waals surface area contributed by atoms with Crippen LogP contribution in [-0.4, -0.2) is 40.6 Å². The molecule has 8 nitrogen and oxygen atoms in total. The SMILES string of the molecule is CO/N=C(/C(=O)O)c1nc(NC(=O)OC(C)(C)C)cs1. The van der Waals surface area contributed by atoms with Gasteiger partial charge in [-0.3, -0.25) is 5.32 Å². The van der Waals surface area contributed by atoms with Crippen LogP contribution in [0, 0.1) is 0 Å². The Labute approximate surface area is 119 Å². The Bertz CT molecular complexity index is 532. The minimum absolute atomic E-state index is 0.116. The van der Waals surface area contributed by atoms with E-state index < -0.39 is 17.7 Å². The topological polar surface area (TPSA) is 110 Å². The van der Waals surface area contributed by atoms with Crippen molar-refractivity contribution >= 4 is 34.9 Å². The number of amides is 1. The lowest BCUT2D eigenvalue weighted by atomic mass is 10.2. The largest absolute Gasteiger partial charge is 0.476 e. The van der Waals surface area contributed by atoms with Gasteiger partial charge < -0.3 is 14.7 Å². The summed E-state index contributed by atoms with van der Waals surface area (Å²) in [6.45, 7) is 5.19. The highest BCUT2D eigenvalue weighted by atomic mass is 32.1. The van der Waals surface area contributed by atoms with Crippen molar-refractivity contribution in [2.45, 2.75) is 26.4 Å². The van der Waals surface area contributed by atoms with Crippen molar-refractivity contribution in [2.75, 3.05) is 12.4 Å². The number of oxime groups is 1. The van der Waals surface area contributed by atoms with Gasteiger partial charge in [-0.15, -0.1) is 11.3 Å². The van der Waals surface area contributed by atoms with Crippen molar-refractivity contribution in [3.05, 3.63) is 10.4 Å². The molecule has 0 radical (unpaired) electrons. The van der Waals surface area contributed by atoms with Crippen molar-refractivity contribution in [1.29, 1.82) is 0 Å². The first-order valence-electron chi connectivity index (χ1n) is 5.53. The predicted octanol–water partition coefficient (Wildman–Crippen LogP) is 1.93. The quantitative estimate of drug-likeness (QED) is 0.649. The summed E-state index contributed by atoms with van der Waals surface area (Å²) < 4.78 is 5.05. The molecule has 0 bridgehead atoms. The molecule has 0 saturated carbocycles. The number of carboxylic acids is 1. The van der Waals surface area contributed by atoms with Gasteiger partial charge in [0.25, 0.3) is 0 Å². The number of nitrogens with one attached hydrogen (secondary N) is 1. The van der Waals surface area contributed by atoms with Crippen LogP contribution in [0.5, 0.6) is 0 Å². The number of aliphatic carboxylic acids is 1. The average molecular weight is 301 g/mol. The second-order valence-electron chi connectivity index (χ2n) is 4.59. The van der Waals surface area contributed by atoms with Crippen molar-refractivity contribution in [2.24, 2.45) is 5.16 Å². The molecule has 2 N–H and O–H groups in total. The first-order chi connectivity index (χ1) is 9.23. The molecule has 0 fully saturated rings. The lowest BCUT2D eigenvalue weighted by Gasteiger charge is -2.19. The highest BCUT2D eigenvalue weighted by Gasteiger charge is 2.20. The summed E-state index contributed by atoms with van der Waals surface area (Å²) in [5, 5.41) is 16.3.